The lowest BCUT2D eigenvalue weighted by molar-refractivity contribution is -0.114. The SMILES string of the molecule is CC(=O)Nc1ccc(C)c(N)c1O. The molecule has 13 heavy (non-hydrogen) atoms. The molecule has 0 unspecified atom stereocenters. The van der Waals surface area contributed by atoms with Crippen LogP contribution in [0.2, 0.25) is 0 Å². The molecule has 0 aliphatic carbocycles. The van der Waals surface area contributed by atoms with Crippen molar-refractivity contribution in [1.82, 2.24) is 0 Å². The fourth-order valence-corrected chi connectivity index (χ4v) is 0.999. The third-order valence-electron chi connectivity index (χ3n) is 1.75. The van der Waals surface area contributed by atoms with Gasteiger partial charge in [-0.1, -0.05) is 6.07 Å². The largest absolute Gasteiger partial charge is 0.504 e. The van der Waals surface area contributed by atoms with Gasteiger partial charge in [0.15, 0.2) is 5.75 Å². The van der Waals surface area contributed by atoms with Crippen LogP contribution in [0.15, 0.2) is 12.1 Å². The van der Waals surface area contributed by atoms with Crippen LogP contribution in [0, 0.1) is 6.92 Å². The van der Waals surface area contributed by atoms with Crippen molar-refractivity contribution in [3.63, 3.8) is 0 Å². The molecule has 0 atom stereocenters. The molecule has 1 rings (SSSR count). The van der Waals surface area contributed by atoms with Gasteiger partial charge in [-0.3, -0.25) is 4.79 Å². The van der Waals surface area contributed by atoms with E-state index in [1.54, 1.807) is 19.1 Å². The summed E-state index contributed by atoms with van der Waals surface area (Å²) in [4.78, 5) is 10.7. The molecule has 0 aliphatic rings. The van der Waals surface area contributed by atoms with E-state index in [4.69, 9.17) is 5.73 Å². The Hall–Kier alpha value is -1.71. The van der Waals surface area contributed by atoms with Crippen LogP contribution in [-0.2, 0) is 4.79 Å². The Labute approximate surface area is 76.4 Å². The van der Waals surface area contributed by atoms with Crippen LogP contribution >= 0.6 is 0 Å². The average molecular weight is 180 g/mol. The highest BCUT2D eigenvalue weighted by Gasteiger charge is 2.07. The number of phenolic OH excluding ortho intramolecular Hbond substituents is 1. The van der Waals surface area contributed by atoms with Crippen molar-refractivity contribution < 1.29 is 9.90 Å². The van der Waals surface area contributed by atoms with E-state index in [1.165, 1.54) is 6.92 Å². The van der Waals surface area contributed by atoms with Crippen molar-refractivity contribution in [2.24, 2.45) is 0 Å². The summed E-state index contributed by atoms with van der Waals surface area (Å²) in [7, 11) is 0. The third-order valence-corrected chi connectivity index (χ3v) is 1.75. The van der Waals surface area contributed by atoms with Gasteiger partial charge < -0.3 is 16.2 Å². The summed E-state index contributed by atoms with van der Waals surface area (Å²) in [5.74, 6) is -0.311. The molecule has 0 aliphatic heterocycles. The van der Waals surface area contributed by atoms with Crippen LogP contribution < -0.4 is 11.1 Å². The number of anilines is 2. The van der Waals surface area contributed by atoms with Crippen molar-refractivity contribution in [1.29, 1.82) is 0 Å². The molecule has 1 amide bonds. The summed E-state index contributed by atoms with van der Waals surface area (Å²) in [5.41, 5.74) is 6.98. The highest BCUT2D eigenvalue weighted by molar-refractivity contribution is 5.92. The quantitative estimate of drug-likeness (QED) is 0.449. The molecule has 0 saturated carbocycles. The Morgan fingerprint density at radius 2 is 2.15 bits per heavy atom. The van der Waals surface area contributed by atoms with Gasteiger partial charge in [-0.25, -0.2) is 0 Å². The Balaban J connectivity index is 3.10. The van der Waals surface area contributed by atoms with Crippen LogP contribution in [0.25, 0.3) is 0 Å². The zero-order chi connectivity index (χ0) is 10.0. The molecule has 70 valence electrons. The van der Waals surface area contributed by atoms with Crippen molar-refractivity contribution in [3.05, 3.63) is 17.7 Å². The second-order valence-electron chi connectivity index (χ2n) is 2.87. The van der Waals surface area contributed by atoms with Gasteiger partial charge in [-0.05, 0) is 18.6 Å². The molecule has 0 heterocycles. The molecular formula is C9H12N2O2. The van der Waals surface area contributed by atoms with E-state index in [1.807, 2.05) is 0 Å². The molecule has 0 radical (unpaired) electrons. The zero-order valence-corrected chi connectivity index (χ0v) is 7.59. The number of amides is 1. The number of aromatic hydroxyl groups is 1. The molecule has 1 aromatic carbocycles. The van der Waals surface area contributed by atoms with E-state index in [0.717, 1.165) is 5.56 Å². The first-order valence-electron chi connectivity index (χ1n) is 3.88. The first kappa shape index (κ1) is 9.38. The number of carbonyl (C=O) groups excluding carboxylic acids is 1. The van der Waals surface area contributed by atoms with E-state index in [9.17, 15) is 9.90 Å². The van der Waals surface area contributed by atoms with Crippen molar-refractivity contribution in [2.45, 2.75) is 13.8 Å². The number of benzene rings is 1. The second kappa shape index (κ2) is 3.35. The molecule has 4 heteroatoms. The smallest absolute Gasteiger partial charge is 0.221 e. The van der Waals surface area contributed by atoms with Crippen molar-refractivity contribution in [2.75, 3.05) is 11.1 Å². The van der Waals surface area contributed by atoms with E-state index < -0.39 is 0 Å². The topological polar surface area (TPSA) is 75.4 Å². The van der Waals surface area contributed by atoms with Gasteiger partial charge in [0.1, 0.15) is 0 Å². The normalized spacial score (nSPS) is 9.69. The molecule has 0 saturated heterocycles. The fourth-order valence-electron chi connectivity index (χ4n) is 0.999. The van der Waals surface area contributed by atoms with E-state index in [2.05, 4.69) is 5.32 Å². The molecular weight excluding hydrogens is 168 g/mol. The van der Waals surface area contributed by atoms with Gasteiger partial charge in [-0.2, -0.15) is 0 Å². The first-order valence-corrected chi connectivity index (χ1v) is 3.88. The summed E-state index contributed by atoms with van der Waals surface area (Å²) in [6.45, 7) is 3.15. The average Bonchev–Trinajstić information content (AvgIpc) is 2.06. The number of carbonyl (C=O) groups is 1. The number of hydrogen-bond acceptors (Lipinski definition) is 3. The molecule has 0 aromatic heterocycles. The van der Waals surface area contributed by atoms with Gasteiger partial charge >= 0.3 is 0 Å². The summed E-state index contributed by atoms with van der Waals surface area (Å²) in [6, 6.07) is 3.35. The Bertz CT molecular complexity index is 348. The highest BCUT2D eigenvalue weighted by atomic mass is 16.3. The predicted octanol–water partition coefficient (Wildman–Crippen LogP) is 1.24. The number of nitrogens with two attached hydrogens (primary N) is 1. The third kappa shape index (κ3) is 1.90. The number of rotatable bonds is 1. The maximum absolute atomic E-state index is 10.7. The number of hydrogen-bond donors (Lipinski definition) is 3. The van der Waals surface area contributed by atoms with Gasteiger partial charge in [0.25, 0.3) is 0 Å². The van der Waals surface area contributed by atoms with Crippen LogP contribution in [0.3, 0.4) is 0 Å². The van der Waals surface area contributed by atoms with Crippen LogP contribution in [0.1, 0.15) is 12.5 Å². The monoisotopic (exact) mass is 180 g/mol. The predicted molar refractivity (Wildman–Crippen MR) is 51.6 cm³/mol. The maximum Gasteiger partial charge on any atom is 0.221 e. The molecule has 0 fully saturated rings. The number of nitrogens with one attached hydrogen (secondary N) is 1. The molecule has 0 bridgehead atoms. The number of nitrogen functional groups attached to an aromatic ring is 1. The lowest BCUT2D eigenvalue weighted by atomic mass is 10.1. The summed E-state index contributed by atoms with van der Waals surface area (Å²) >= 11 is 0. The standard InChI is InChI=1S/C9H12N2O2/c1-5-3-4-7(11-6(2)12)9(13)8(5)10/h3-4,13H,10H2,1-2H3,(H,11,12). The van der Waals surface area contributed by atoms with Crippen molar-refractivity contribution in [3.8, 4) is 5.75 Å². The first-order chi connectivity index (χ1) is 6.02. The molecule has 4 N–H and O–H groups in total. The molecule has 0 spiro atoms. The molecule has 1 aromatic rings. The highest BCUT2D eigenvalue weighted by Crippen LogP contribution is 2.32. The van der Waals surface area contributed by atoms with Gasteiger partial charge in [-0.15, -0.1) is 0 Å². The summed E-state index contributed by atoms with van der Waals surface area (Å²) in [5, 5.41) is 12.0. The van der Waals surface area contributed by atoms with Gasteiger partial charge in [0.2, 0.25) is 5.91 Å². The minimum Gasteiger partial charge on any atom is -0.504 e. The van der Waals surface area contributed by atoms with Crippen LogP contribution in [0.5, 0.6) is 5.75 Å². The summed E-state index contributed by atoms with van der Waals surface area (Å²) in [6.07, 6.45) is 0. The Morgan fingerprint density at radius 3 is 2.69 bits per heavy atom. The molecule has 4 nitrogen and oxygen atoms in total. The van der Waals surface area contributed by atoms with Gasteiger partial charge in [0, 0.05) is 6.92 Å². The second-order valence-corrected chi connectivity index (χ2v) is 2.87. The van der Waals surface area contributed by atoms with Gasteiger partial charge in [0.05, 0.1) is 11.4 Å². The van der Waals surface area contributed by atoms with E-state index in [-0.39, 0.29) is 11.7 Å². The Kier molecular flexibility index (Phi) is 2.41. The van der Waals surface area contributed by atoms with E-state index >= 15 is 0 Å². The lowest BCUT2D eigenvalue weighted by Crippen LogP contribution is -2.06. The van der Waals surface area contributed by atoms with Crippen molar-refractivity contribution >= 4 is 17.3 Å². The minimum absolute atomic E-state index is 0.0739. The Morgan fingerprint density at radius 1 is 1.54 bits per heavy atom. The maximum atomic E-state index is 10.7. The van der Waals surface area contributed by atoms with E-state index in [0.29, 0.717) is 11.4 Å². The zero-order valence-electron chi connectivity index (χ0n) is 7.59. The number of aryl methyl sites for hydroxylation is 1. The van der Waals surface area contributed by atoms with Crippen LogP contribution in [0.4, 0.5) is 11.4 Å². The van der Waals surface area contributed by atoms with Crippen LogP contribution in [-0.4, -0.2) is 11.0 Å². The lowest BCUT2D eigenvalue weighted by Gasteiger charge is -2.08. The fraction of sp³-hybridized carbons (Fsp3) is 0.222. The summed E-state index contributed by atoms with van der Waals surface area (Å²) < 4.78 is 0. The number of phenols is 1. The minimum atomic E-state index is -0.237.